The predicted molar refractivity (Wildman–Crippen MR) is 96.5 cm³/mol. The molecule has 0 saturated carbocycles. The molecule has 2 aromatic rings. The maximum absolute atomic E-state index is 11.8. The van der Waals surface area contributed by atoms with Crippen LogP contribution in [0.4, 0.5) is 9.59 Å². The molecular weight excluding hydrogens is 352 g/mol. The number of rotatable bonds is 7. The fourth-order valence-corrected chi connectivity index (χ4v) is 1.92. The summed E-state index contributed by atoms with van der Waals surface area (Å²) in [6.45, 7) is 1.47. The van der Waals surface area contributed by atoms with Gasteiger partial charge in [0.15, 0.2) is 0 Å². The number of benzene rings is 2. The summed E-state index contributed by atoms with van der Waals surface area (Å²) < 4.78 is 15.0. The van der Waals surface area contributed by atoms with Crippen molar-refractivity contribution >= 4 is 18.2 Å². The average Bonchev–Trinajstić information content (AvgIpc) is 2.66. The number of carbonyl (C=O) groups excluding carboxylic acids is 3. The summed E-state index contributed by atoms with van der Waals surface area (Å²) in [6.07, 6.45) is -1.43. The van der Waals surface area contributed by atoms with Gasteiger partial charge in [0.2, 0.25) is 0 Å². The van der Waals surface area contributed by atoms with Crippen molar-refractivity contribution in [2.45, 2.75) is 13.0 Å². The maximum Gasteiger partial charge on any atom is 0.413 e. The van der Waals surface area contributed by atoms with Crippen molar-refractivity contribution < 1.29 is 28.6 Å². The monoisotopic (exact) mass is 372 g/mol. The first-order chi connectivity index (χ1) is 13.0. The minimum Gasteiger partial charge on any atom is -0.462 e. The van der Waals surface area contributed by atoms with Crippen molar-refractivity contribution in [1.82, 2.24) is 10.6 Å². The maximum atomic E-state index is 11.8. The molecule has 0 bridgehead atoms. The summed E-state index contributed by atoms with van der Waals surface area (Å²) in [6, 6.07) is 16.1. The van der Waals surface area contributed by atoms with E-state index in [2.05, 4.69) is 10.6 Å². The highest BCUT2D eigenvalue weighted by Gasteiger charge is 2.18. The van der Waals surface area contributed by atoms with Crippen LogP contribution in [0.25, 0.3) is 0 Å². The molecule has 2 amide bonds. The number of ether oxygens (including phenoxy) is 3. The Balaban J connectivity index is 1.61. The van der Waals surface area contributed by atoms with Crippen LogP contribution in [-0.4, -0.2) is 37.3 Å². The third kappa shape index (κ3) is 7.47. The lowest BCUT2D eigenvalue weighted by atomic mass is 10.3. The number of amides is 2. The van der Waals surface area contributed by atoms with Gasteiger partial charge >= 0.3 is 18.2 Å². The van der Waals surface area contributed by atoms with Gasteiger partial charge < -0.3 is 24.8 Å². The molecule has 1 unspecified atom stereocenters. The summed E-state index contributed by atoms with van der Waals surface area (Å²) in [5, 5.41) is 4.81. The Labute approximate surface area is 156 Å². The molecule has 27 heavy (non-hydrogen) atoms. The molecule has 2 N–H and O–H groups in total. The van der Waals surface area contributed by atoms with E-state index in [-0.39, 0.29) is 13.2 Å². The van der Waals surface area contributed by atoms with E-state index in [0.29, 0.717) is 11.5 Å². The average molecular weight is 372 g/mol. The van der Waals surface area contributed by atoms with E-state index in [1.54, 1.807) is 60.7 Å². The van der Waals surface area contributed by atoms with Gasteiger partial charge in [-0.1, -0.05) is 36.4 Å². The highest BCUT2D eigenvalue weighted by atomic mass is 16.6. The Bertz CT molecular complexity index is 751. The summed E-state index contributed by atoms with van der Waals surface area (Å²) in [7, 11) is 0. The molecule has 8 nitrogen and oxygen atoms in total. The molecule has 8 heteroatoms. The number of hydrogen-bond acceptors (Lipinski definition) is 6. The molecule has 2 aromatic carbocycles. The normalized spacial score (nSPS) is 11.0. The van der Waals surface area contributed by atoms with Crippen molar-refractivity contribution in [3.8, 4) is 11.5 Å². The minimum atomic E-state index is -0.905. The first kappa shape index (κ1) is 19.8. The highest BCUT2D eigenvalue weighted by molar-refractivity contribution is 5.81. The molecule has 0 aliphatic carbocycles. The van der Waals surface area contributed by atoms with E-state index < -0.39 is 24.2 Å². The molecule has 0 aliphatic rings. The van der Waals surface area contributed by atoms with E-state index >= 15 is 0 Å². The molecule has 0 aliphatic heterocycles. The smallest absolute Gasteiger partial charge is 0.413 e. The van der Waals surface area contributed by atoms with Crippen LogP contribution in [0.2, 0.25) is 0 Å². The van der Waals surface area contributed by atoms with Crippen LogP contribution in [0, 0.1) is 0 Å². The van der Waals surface area contributed by atoms with Crippen LogP contribution in [-0.2, 0) is 9.53 Å². The predicted octanol–water partition coefficient (Wildman–Crippen LogP) is 2.50. The molecule has 0 radical (unpaired) electrons. The van der Waals surface area contributed by atoms with Gasteiger partial charge in [-0.25, -0.2) is 14.4 Å². The van der Waals surface area contributed by atoms with Gasteiger partial charge in [0.25, 0.3) is 0 Å². The molecule has 2 rings (SSSR count). The van der Waals surface area contributed by atoms with Crippen molar-refractivity contribution in [1.29, 1.82) is 0 Å². The molecule has 0 fully saturated rings. The summed E-state index contributed by atoms with van der Waals surface area (Å²) in [5.41, 5.74) is 0. The number of nitrogens with one attached hydrogen (secondary N) is 2. The zero-order valence-electron chi connectivity index (χ0n) is 14.7. The van der Waals surface area contributed by atoms with E-state index in [4.69, 9.17) is 14.2 Å². The van der Waals surface area contributed by atoms with Crippen LogP contribution in [0.15, 0.2) is 60.7 Å². The highest BCUT2D eigenvalue weighted by Crippen LogP contribution is 2.09. The number of hydrogen-bond donors (Lipinski definition) is 2. The van der Waals surface area contributed by atoms with Gasteiger partial charge in [0, 0.05) is 0 Å². The van der Waals surface area contributed by atoms with E-state index in [0.717, 1.165) is 0 Å². The number of para-hydroxylation sites is 2. The van der Waals surface area contributed by atoms with Gasteiger partial charge in [-0.3, -0.25) is 0 Å². The standard InChI is InChI=1S/C19H20N2O6/c1-14(21-19(24)27-16-10-6-3-7-11-16)17(22)25-13-12-20-18(23)26-15-8-4-2-5-9-15/h2-11,14H,12-13H2,1H3,(H,20,23)(H,21,24). The van der Waals surface area contributed by atoms with Crippen LogP contribution in [0.1, 0.15) is 6.92 Å². The van der Waals surface area contributed by atoms with Gasteiger partial charge in [0.05, 0.1) is 6.54 Å². The second-order valence-corrected chi connectivity index (χ2v) is 5.37. The van der Waals surface area contributed by atoms with Crippen LogP contribution < -0.4 is 20.1 Å². The Morgan fingerprint density at radius 1 is 0.852 bits per heavy atom. The van der Waals surface area contributed by atoms with Crippen molar-refractivity contribution in [2.75, 3.05) is 13.2 Å². The van der Waals surface area contributed by atoms with E-state index in [1.165, 1.54) is 6.92 Å². The second-order valence-electron chi connectivity index (χ2n) is 5.37. The Morgan fingerprint density at radius 2 is 1.37 bits per heavy atom. The molecule has 142 valence electrons. The van der Waals surface area contributed by atoms with Crippen molar-refractivity contribution in [3.63, 3.8) is 0 Å². The lowest BCUT2D eigenvalue weighted by molar-refractivity contribution is -0.145. The molecule has 0 spiro atoms. The quantitative estimate of drug-likeness (QED) is 0.572. The van der Waals surface area contributed by atoms with Crippen molar-refractivity contribution in [2.24, 2.45) is 0 Å². The molecule has 1 atom stereocenters. The molecular formula is C19H20N2O6. The molecule has 0 aromatic heterocycles. The SMILES string of the molecule is CC(NC(=O)Oc1ccccc1)C(=O)OCCNC(=O)Oc1ccccc1. The largest absolute Gasteiger partial charge is 0.462 e. The first-order valence-corrected chi connectivity index (χ1v) is 8.25. The Hall–Kier alpha value is -3.55. The first-order valence-electron chi connectivity index (χ1n) is 8.25. The van der Waals surface area contributed by atoms with Crippen LogP contribution in [0.3, 0.4) is 0 Å². The zero-order chi connectivity index (χ0) is 19.5. The summed E-state index contributed by atoms with van der Waals surface area (Å²) in [4.78, 5) is 35.1. The molecule has 0 saturated heterocycles. The number of carbonyl (C=O) groups is 3. The lowest BCUT2D eigenvalue weighted by Crippen LogP contribution is -2.41. The fraction of sp³-hybridized carbons (Fsp3) is 0.211. The Morgan fingerprint density at radius 3 is 1.93 bits per heavy atom. The van der Waals surface area contributed by atoms with Crippen LogP contribution >= 0.6 is 0 Å². The zero-order valence-corrected chi connectivity index (χ0v) is 14.7. The van der Waals surface area contributed by atoms with Gasteiger partial charge in [-0.15, -0.1) is 0 Å². The third-order valence-corrected chi connectivity index (χ3v) is 3.21. The minimum absolute atomic E-state index is 0.0670. The van der Waals surface area contributed by atoms with Crippen molar-refractivity contribution in [3.05, 3.63) is 60.7 Å². The fourth-order valence-electron chi connectivity index (χ4n) is 1.92. The van der Waals surface area contributed by atoms with Crippen LogP contribution in [0.5, 0.6) is 11.5 Å². The Kier molecular flexibility index (Phi) is 7.65. The molecule has 0 heterocycles. The van der Waals surface area contributed by atoms with E-state index in [1.807, 2.05) is 0 Å². The number of esters is 1. The topological polar surface area (TPSA) is 103 Å². The summed E-state index contributed by atoms with van der Waals surface area (Å²) >= 11 is 0. The van der Waals surface area contributed by atoms with Gasteiger partial charge in [-0.05, 0) is 31.2 Å². The second kappa shape index (κ2) is 10.4. The third-order valence-electron chi connectivity index (χ3n) is 3.21. The van der Waals surface area contributed by atoms with Gasteiger partial charge in [0.1, 0.15) is 24.1 Å². The van der Waals surface area contributed by atoms with E-state index in [9.17, 15) is 14.4 Å². The lowest BCUT2D eigenvalue weighted by Gasteiger charge is -2.13. The van der Waals surface area contributed by atoms with Gasteiger partial charge in [-0.2, -0.15) is 0 Å². The summed E-state index contributed by atoms with van der Waals surface area (Å²) in [5.74, 6) is 0.108.